The number of amides is 1. The first-order valence-electron chi connectivity index (χ1n) is 10.1. The molecule has 3 aromatic heterocycles. The molecule has 0 fully saturated rings. The number of halogens is 1. The molecule has 0 bridgehead atoms. The molecular formula is C24H17FN6O2. The SMILES string of the molecule is Cc1cccc(-c2nc3c(-c4ccc(F)cc4)n[nH]c3c(=O)n2NC(=O)c2ccncc2)c1. The summed E-state index contributed by atoms with van der Waals surface area (Å²) in [5, 5.41) is 6.95. The Labute approximate surface area is 186 Å². The molecule has 0 radical (unpaired) electrons. The van der Waals surface area contributed by atoms with Crippen molar-refractivity contribution in [2.24, 2.45) is 0 Å². The number of fused-ring (bicyclic) bond motifs is 1. The number of benzene rings is 2. The zero-order chi connectivity index (χ0) is 22.9. The van der Waals surface area contributed by atoms with E-state index in [4.69, 9.17) is 4.98 Å². The van der Waals surface area contributed by atoms with Crippen molar-refractivity contribution in [1.82, 2.24) is 24.8 Å². The lowest BCUT2D eigenvalue weighted by atomic mass is 10.1. The minimum absolute atomic E-state index is 0.112. The number of carbonyl (C=O) groups is 1. The Hall–Kier alpha value is -4.66. The molecule has 0 saturated carbocycles. The molecule has 0 aliphatic rings. The predicted octanol–water partition coefficient (Wildman–Crippen LogP) is 3.68. The summed E-state index contributed by atoms with van der Waals surface area (Å²) in [7, 11) is 0. The van der Waals surface area contributed by atoms with E-state index in [2.05, 4.69) is 20.6 Å². The lowest BCUT2D eigenvalue weighted by Gasteiger charge is -2.14. The van der Waals surface area contributed by atoms with Crippen molar-refractivity contribution in [3.8, 4) is 22.6 Å². The Balaban J connectivity index is 1.72. The fourth-order valence-electron chi connectivity index (χ4n) is 3.52. The van der Waals surface area contributed by atoms with Gasteiger partial charge in [0.25, 0.3) is 11.5 Å². The highest BCUT2D eigenvalue weighted by atomic mass is 19.1. The molecule has 33 heavy (non-hydrogen) atoms. The van der Waals surface area contributed by atoms with Gasteiger partial charge in [-0.25, -0.2) is 9.37 Å². The number of aryl methyl sites for hydroxylation is 1. The smallest absolute Gasteiger partial charge is 0.270 e. The van der Waals surface area contributed by atoms with Crippen molar-refractivity contribution >= 4 is 16.9 Å². The zero-order valence-corrected chi connectivity index (χ0v) is 17.4. The predicted molar refractivity (Wildman–Crippen MR) is 122 cm³/mol. The van der Waals surface area contributed by atoms with Gasteiger partial charge in [-0.1, -0.05) is 23.8 Å². The molecule has 0 unspecified atom stereocenters. The summed E-state index contributed by atoms with van der Waals surface area (Å²) in [6.07, 6.45) is 2.98. The van der Waals surface area contributed by atoms with E-state index >= 15 is 0 Å². The lowest BCUT2D eigenvalue weighted by molar-refractivity contribution is 0.101. The Kier molecular flexibility index (Phi) is 4.98. The van der Waals surface area contributed by atoms with Crippen LogP contribution in [0.4, 0.5) is 4.39 Å². The van der Waals surface area contributed by atoms with Crippen molar-refractivity contribution in [1.29, 1.82) is 0 Å². The number of H-pyrrole nitrogens is 1. The first kappa shape index (κ1) is 20.3. The molecule has 0 aliphatic carbocycles. The number of pyridine rings is 1. The number of nitrogens with zero attached hydrogens (tertiary/aromatic N) is 4. The van der Waals surface area contributed by atoms with Gasteiger partial charge in [0.1, 0.15) is 17.0 Å². The average Bonchev–Trinajstić information content (AvgIpc) is 3.26. The Morgan fingerprint density at radius 2 is 1.79 bits per heavy atom. The van der Waals surface area contributed by atoms with Crippen molar-refractivity contribution in [3.05, 3.63) is 100 Å². The largest absolute Gasteiger partial charge is 0.298 e. The van der Waals surface area contributed by atoms with Gasteiger partial charge in [0, 0.05) is 29.1 Å². The van der Waals surface area contributed by atoms with Crippen LogP contribution in [0.15, 0.2) is 77.9 Å². The van der Waals surface area contributed by atoms with E-state index in [1.165, 1.54) is 24.5 Å². The second kappa shape index (κ2) is 8.12. The van der Waals surface area contributed by atoms with Gasteiger partial charge in [-0.3, -0.25) is 25.1 Å². The molecule has 0 spiro atoms. The van der Waals surface area contributed by atoms with Crippen LogP contribution in [0.1, 0.15) is 15.9 Å². The highest BCUT2D eigenvalue weighted by molar-refractivity contribution is 6.00. The van der Waals surface area contributed by atoms with Crippen molar-refractivity contribution in [3.63, 3.8) is 0 Å². The molecule has 0 saturated heterocycles. The molecular weight excluding hydrogens is 423 g/mol. The number of hydrogen-bond acceptors (Lipinski definition) is 5. The van der Waals surface area contributed by atoms with Gasteiger partial charge in [-0.15, -0.1) is 0 Å². The Bertz CT molecular complexity index is 1540. The minimum Gasteiger partial charge on any atom is -0.270 e. The second-order valence-electron chi connectivity index (χ2n) is 7.42. The molecule has 0 atom stereocenters. The molecule has 8 nitrogen and oxygen atoms in total. The second-order valence-corrected chi connectivity index (χ2v) is 7.42. The first-order chi connectivity index (χ1) is 16.0. The quantitative estimate of drug-likeness (QED) is 0.444. The number of hydrogen-bond donors (Lipinski definition) is 2. The van der Waals surface area contributed by atoms with Crippen molar-refractivity contribution in [2.75, 3.05) is 5.43 Å². The maximum absolute atomic E-state index is 13.4. The number of aromatic amines is 1. The van der Waals surface area contributed by atoms with Crippen LogP contribution in [0.25, 0.3) is 33.7 Å². The lowest BCUT2D eigenvalue weighted by Crippen LogP contribution is -2.35. The van der Waals surface area contributed by atoms with Crippen LogP contribution >= 0.6 is 0 Å². The molecule has 5 rings (SSSR count). The van der Waals surface area contributed by atoms with Crippen LogP contribution in [-0.4, -0.2) is 30.7 Å². The van der Waals surface area contributed by atoms with E-state index in [0.29, 0.717) is 27.9 Å². The Morgan fingerprint density at radius 1 is 1.03 bits per heavy atom. The Morgan fingerprint density at radius 3 is 2.52 bits per heavy atom. The highest BCUT2D eigenvalue weighted by Gasteiger charge is 2.20. The zero-order valence-electron chi connectivity index (χ0n) is 17.4. The van der Waals surface area contributed by atoms with Gasteiger partial charge in [0.2, 0.25) is 0 Å². The van der Waals surface area contributed by atoms with Crippen LogP contribution in [0.5, 0.6) is 0 Å². The van der Waals surface area contributed by atoms with E-state index in [9.17, 15) is 14.0 Å². The maximum Gasteiger partial charge on any atom is 0.298 e. The van der Waals surface area contributed by atoms with E-state index in [1.807, 2.05) is 25.1 Å². The summed E-state index contributed by atoms with van der Waals surface area (Å²) in [5.41, 5.74) is 5.48. The fourth-order valence-corrected chi connectivity index (χ4v) is 3.52. The molecule has 2 N–H and O–H groups in total. The molecule has 5 aromatic rings. The van der Waals surface area contributed by atoms with Gasteiger partial charge >= 0.3 is 0 Å². The molecule has 9 heteroatoms. The van der Waals surface area contributed by atoms with E-state index in [0.717, 1.165) is 10.2 Å². The third kappa shape index (κ3) is 3.76. The van der Waals surface area contributed by atoms with Crippen LogP contribution < -0.4 is 11.0 Å². The fraction of sp³-hybridized carbons (Fsp3) is 0.0417. The van der Waals surface area contributed by atoms with E-state index in [1.54, 1.807) is 30.3 Å². The maximum atomic E-state index is 13.4. The summed E-state index contributed by atoms with van der Waals surface area (Å²) in [6, 6.07) is 16.3. The van der Waals surface area contributed by atoms with Gasteiger partial charge in [-0.05, 0) is 49.4 Å². The van der Waals surface area contributed by atoms with E-state index in [-0.39, 0.29) is 17.2 Å². The van der Waals surface area contributed by atoms with Crippen molar-refractivity contribution in [2.45, 2.75) is 6.92 Å². The summed E-state index contributed by atoms with van der Waals surface area (Å²) in [6.45, 7) is 1.92. The third-order valence-electron chi connectivity index (χ3n) is 5.14. The molecule has 1 amide bonds. The van der Waals surface area contributed by atoms with Gasteiger partial charge in [0.05, 0.1) is 0 Å². The topological polar surface area (TPSA) is 106 Å². The monoisotopic (exact) mass is 440 g/mol. The average molecular weight is 440 g/mol. The van der Waals surface area contributed by atoms with Crippen LogP contribution in [0, 0.1) is 12.7 Å². The summed E-state index contributed by atoms with van der Waals surface area (Å²) >= 11 is 0. The van der Waals surface area contributed by atoms with Gasteiger partial charge in [-0.2, -0.15) is 9.77 Å². The third-order valence-corrected chi connectivity index (χ3v) is 5.14. The van der Waals surface area contributed by atoms with E-state index < -0.39 is 11.5 Å². The highest BCUT2D eigenvalue weighted by Crippen LogP contribution is 2.26. The minimum atomic E-state index is -0.528. The van der Waals surface area contributed by atoms with Crippen LogP contribution in [0.2, 0.25) is 0 Å². The molecule has 2 aromatic carbocycles. The van der Waals surface area contributed by atoms with Gasteiger partial charge in [0.15, 0.2) is 11.3 Å². The summed E-state index contributed by atoms with van der Waals surface area (Å²) < 4.78 is 14.5. The molecule has 0 aliphatic heterocycles. The van der Waals surface area contributed by atoms with Crippen molar-refractivity contribution < 1.29 is 9.18 Å². The standard InChI is InChI=1S/C24H17FN6O2/c1-14-3-2-4-17(13-14)22-27-20-19(15-5-7-18(25)8-6-15)28-29-21(20)24(33)31(22)30-23(32)16-9-11-26-12-10-16/h2-13H,1H3,(H,28,29)(H,30,32). The summed E-state index contributed by atoms with van der Waals surface area (Å²) in [4.78, 5) is 34.9. The number of aromatic nitrogens is 5. The number of rotatable bonds is 4. The van der Waals surface area contributed by atoms with Crippen LogP contribution in [0.3, 0.4) is 0 Å². The molecule has 162 valence electrons. The normalized spacial score (nSPS) is 11.0. The molecule has 3 heterocycles. The number of nitrogens with one attached hydrogen (secondary N) is 2. The van der Waals surface area contributed by atoms with Gasteiger partial charge < -0.3 is 0 Å². The summed E-state index contributed by atoms with van der Waals surface area (Å²) in [5.74, 6) is -0.635. The number of carbonyl (C=O) groups excluding carboxylic acids is 1. The first-order valence-corrected chi connectivity index (χ1v) is 10.1. The van der Waals surface area contributed by atoms with Crippen LogP contribution in [-0.2, 0) is 0 Å².